The Morgan fingerprint density at radius 2 is 2.29 bits per heavy atom. The minimum absolute atomic E-state index is 0.0532. The highest BCUT2D eigenvalue weighted by atomic mass is 16.1. The number of rotatable bonds is 0. The van der Waals surface area contributed by atoms with Crippen LogP contribution in [0, 0.1) is 0 Å². The minimum Gasteiger partial charge on any atom is -0.329 e. The number of hydrogen-bond donors (Lipinski definition) is 1. The topological polar surface area (TPSA) is 32.9 Å². The van der Waals surface area contributed by atoms with E-state index in [9.17, 15) is 4.79 Å². The zero-order valence-corrected chi connectivity index (χ0v) is 3.72. The molecule has 1 rings (SSSR count). The summed E-state index contributed by atoms with van der Waals surface area (Å²) in [6.45, 7) is 0. The summed E-state index contributed by atoms with van der Waals surface area (Å²) in [6.07, 6.45) is 1.60. The number of aromatic amines is 1. The summed E-state index contributed by atoms with van der Waals surface area (Å²) < 4.78 is 0. The first-order valence-corrected chi connectivity index (χ1v) is 2.03. The van der Waals surface area contributed by atoms with Crippen molar-refractivity contribution in [2.45, 2.75) is 0 Å². The van der Waals surface area contributed by atoms with Gasteiger partial charge in [-0.3, -0.25) is 4.79 Å². The number of hydrogen-bond acceptors (Lipinski definition) is 1. The van der Waals surface area contributed by atoms with Crippen molar-refractivity contribution >= 4 is 0 Å². The van der Waals surface area contributed by atoms with Crippen LogP contribution in [0.1, 0.15) is 0 Å². The average Bonchev–Trinajstić information content (AvgIpc) is 1.69. The first-order valence-electron chi connectivity index (χ1n) is 2.03. The summed E-state index contributed by atoms with van der Waals surface area (Å²) >= 11 is 0. The summed E-state index contributed by atoms with van der Waals surface area (Å²) in [5.74, 6) is 0. The summed E-state index contributed by atoms with van der Waals surface area (Å²) in [5.41, 5.74) is -0.0532. The lowest BCUT2D eigenvalue weighted by molar-refractivity contribution is 1.24. The highest BCUT2D eigenvalue weighted by molar-refractivity contribution is 4.89. The molecule has 1 aromatic heterocycles. The van der Waals surface area contributed by atoms with Crippen LogP contribution in [-0.2, 0) is 0 Å². The number of pyridine rings is 1. The van der Waals surface area contributed by atoms with Gasteiger partial charge in [0.05, 0.1) is 0 Å². The molecule has 0 fully saturated rings. The van der Waals surface area contributed by atoms with Gasteiger partial charge in [0, 0.05) is 12.3 Å². The molecule has 1 aromatic rings. The second-order valence-electron chi connectivity index (χ2n) is 1.23. The van der Waals surface area contributed by atoms with Crippen molar-refractivity contribution in [2.24, 2.45) is 0 Å². The Morgan fingerprint density at radius 3 is 2.57 bits per heavy atom. The predicted octanol–water partition coefficient (Wildman–Crippen LogP) is 0.375. The van der Waals surface area contributed by atoms with Crippen molar-refractivity contribution in [2.75, 3.05) is 0 Å². The molecule has 2 heteroatoms. The van der Waals surface area contributed by atoms with Crippen LogP contribution in [-0.4, -0.2) is 4.98 Å². The molecule has 2 nitrogen and oxygen atoms in total. The first kappa shape index (κ1) is 4.12. The maximum atomic E-state index is 10.2. The third kappa shape index (κ3) is 0.892. The van der Waals surface area contributed by atoms with E-state index in [0.717, 1.165) is 0 Å². The van der Waals surface area contributed by atoms with E-state index in [1.807, 2.05) is 0 Å². The first-order chi connectivity index (χ1) is 3.39. The van der Waals surface area contributed by atoms with Crippen molar-refractivity contribution in [1.29, 1.82) is 0 Å². The standard InChI is InChI=1S/C5H5NO/c7-5-3-1-2-4-6-5/h1-4H,(H,6,7)/i5-1. The molecule has 0 aromatic carbocycles. The van der Waals surface area contributed by atoms with E-state index >= 15 is 0 Å². The maximum Gasteiger partial charge on any atom is 0.247 e. The van der Waals surface area contributed by atoms with Crippen LogP contribution in [0.2, 0.25) is 0 Å². The molecule has 1 heterocycles. The average molecular weight is 94.1 g/mol. The zero-order chi connectivity index (χ0) is 5.11. The van der Waals surface area contributed by atoms with Gasteiger partial charge in [0.15, 0.2) is 0 Å². The highest BCUT2D eigenvalue weighted by Crippen LogP contribution is 1.67. The quantitative estimate of drug-likeness (QED) is 0.495. The Labute approximate surface area is 40.8 Å². The predicted molar refractivity (Wildman–Crippen MR) is 27.1 cm³/mol. The van der Waals surface area contributed by atoms with Crippen LogP contribution < -0.4 is 5.56 Å². The van der Waals surface area contributed by atoms with Gasteiger partial charge in [-0.2, -0.15) is 0 Å². The lowest BCUT2D eigenvalue weighted by atomic mass is 10.2. The lowest BCUT2D eigenvalue weighted by Gasteiger charge is -1.73. The van der Waals surface area contributed by atoms with E-state index in [4.69, 9.17) is 0 Å². The Balaban J connectivity index is 3.28. The van der Waals surface area contributed by atoms with Crippen molar-refractivity contribution in [3.05, 3.63) is 34.7 Å². The molecule has 0 unspecified atom stereocenters. The molecule has 0 aliphatic rings. The van der Waals surface area contributed by atoms with Crippen molar-refractivity contribution in [3.63, 3.8) is 0 Å². The molecule has 0 spiro atoms. The molecule has 0 amide bonds. The summed E-state index contributed by atoms with van der Waals surface area (Å²) in [5, 5.41) is 0. The molecular weight excluding hydrogens is 89.1 g/mol. The molecule has 7 heavy (non-hydrogen) atoms. The summed E-state index contributed by atoms with van der Waals surface area (Å²) in [4.78, 5) is 12.7. The molecule has 0 saturated heterocycles. The van der Waals surface area contributed by atoms with Gasteiger partial charge in [0.2, 0.25) is 5.56 Å². The molecule has 1 N–H and O–H groups in total. The van der Waals surface area contributed by atoms with Crippen LogP contribution in [0.3, 0.4) is 0 Å². The van der Waals surface area contributed by atoms with Gasteiger partial charge in [0.25, 0.3) is 0 Å². The normalized spacial score (nSPS) is 8.57. The van der Waals surface area contributed by atoms with Gasteiger partial charge >= 0.3 is 0 Å². The van der Waals surface area contributed by atoms with E-state index in [2.05, 4.69) is 4.98 Å². The fraction of sp³-hybridized carbons (Fsp3) is 0. The van der Waals surface area contributed by atoms with Gasteiger partial charge in [-0.25, -0.2) is 0 Å². The molecule has 0 saturated carbocycles. The summed E-state index contributed by atoms with van der Waals surface area (Å²) in [7, 11) is 0. The Morgan fingerprint density at radius 1 is 1.43 bits per heavy atom. The number of nitrogens with one attached hydrogen (secondary N) is 1. The Hall–Kier alpha value is -1.05. The Kier molecular flexibility index (Phi) is 0.941. The van der Waals surface area contributed by atoms with Crippen LogP contribution in [0.15, 0.2) is 29.2 Å². The second kappa shape index (κ2) is 1.60. The van der Waals surface area contributed by atoms with Crippen LogP contribution in [0.25, 0.3) is 0 Å². The molecule has 0 aliphatic carbocycles. The largest absolute Gasteiger partial charge is 0.329 e. The van der Waals surface area contributed by atoms with Gasteiger partial charge < -0.3 is 4.98 Å². The van der Waals surface area contributed by atoms with Crippen molar-refractivity contribution in [3.8, 4) is 0 Å². The van der Waals surface area contributed by atoms with Gasteiger partial charge in [0.1, 0.15) is 0 Å². The third-order valence-electron chi connectivity index (χ3n) is 0.681. The Bertz CT molecular complexity index is 174. The fourth-order valence-electron chi connectivity index (χ4n) is 0.377. The lowest BCUT2D eigenvalue weighted by Crippen LogP contribution is -1.98. The number of H-pyrrole nitrogens is 1. The van der Waals surface area contributed by atoms with Gasteiger partial charge in [-0.15, -0.1) is 0 Å². The van der Waals surface area contributed by atoms with Crippen LogP contribution in [0.5, 0.6) is 0 Å². The second-order valence-corrected chi connectivity index (χ2v) is 1.23. The molecule has 0 bridgehead atoms. The fourth-order valence-corrected chi connectivity index (χ4v) is 0.377. The van der Waals surface area contributed by atoms with E-state index in [0.29, 0.717) is 0 Å². The van der Waals surface area contributed by atoms with Gasteiger partial charge in [-0.05, 0) is 6.07 Å². The van der Waals surface area contributed by atoms with E-state index in [-0.39, 0.29) is 5.56 Å². The molecule has 0 radical (unpaired) electrons. The van der Waals surface area contributed by atoms with Crippen molar-refractivity contribution in [1.82, 2.24) is 4.98 Å². The van der Waals surface area contributed by atoms with Crippen LogP contribution in [0.4, 0.5) is 0 Å². The van der Waals surface area contributed by atoms with E-state index in [1.54, 1.807) is 18.3 Å². The van der Waals surface area contributed by atoms with Crippen LogP contribution >= 0.6 is 0 Å². The van der Waals surface area contributed by atoms with Gasteiger partial charge in [-0.1, -0.05) is 6.07 Å². The molecule has 36 valence electrons. The smallest absolute Gasteiger partial charge is 0.247 e. The molecule has 0 aliphatic heterocycles. The molecular formula is C5H5NO. The summed E-state index contributed by atoms with van der Waals surface area (Å²) in [6, 6.07) is 4.93. The van der Waals surface area contributed by atoms with Crippen molar-refractivity contribution < 1.29 is 0 Å². The SMILES string of the molecule is O=[11c]1cccc[nH]1. The zero-order valence-electron chi connectivity index (χ0n) is 3.72. The third-order valence-corrected chi connectivity index (χ3v) is 0.681. The van der Waals surface area contributed by atoms with E-state index in [1.165, 1.54) is 6.07 Å². The monoisotopic (exact) mass is 94.0 g/mol. The number of aromatic nitrogens is 1. The highest BCUT2D eigenvalue weighted by Gasteiger charge is 1.69. The van der Waals surface area contributed by atoms with E-state index < -0.39 is 0 Å². The minimum atomic E-state index is -0.0532. The molecule has 0 atom stereocenters. The maximum absolute atomic E-state index is 10.2.